The zero-order valence-corrected chi connectivity index (χ0v) is 5.25. The Morgan fingerprint density at radius 2 is 2.12 bits per heavy atom. The van der Waals surface area contributed by atoms with Crippen molar-refractivity contribution < 1.29 is 8.42 Å². The quantitative estimate of drug-likeness (QED) is 0.434. The van der Waals surface area contributed by atoms with Crippen LogP contribution in [0.2, 0.25) is 0 Å². The van der Waals surface area contributed by atoms with E-state index < -0.39 is 10.0 Å². The van der Waals surface area contributed by atoms with Gasteiger partial charge in [0.2, 0.25) is 0 Å². The zero-order valence-electron chi connectivity index (χ0n) is 4.43. The fourth-order valence-electron chi connectivity index (χ4n) is 0.167. The molecule has 0 spiro atoms. The molecule has 0 aliphatic heterocycles. The molecule has 0 aromatic carbocycles. The van der Waals surface area contributed by atoms with Crippen LogP contribution in [-0.4, -0.2) is 8.42 Å². The normalized spacial score (nSPS) is 9.75. The summed E-state index contributed by atoms with van der Waals surface area (Å²) in [5.74, 6) is 2.26. The lowest BCUT2D eigenvalue weighted by molar-refractivity contribution is 0.606. The molecular formula is C4H6NO2S. The van der Waals surface area contributed by atoms with Crippen molar-refractivity contribution in [3.05, 3.63) is 0 Å². The Hall–Kier alpha value is -0.530. The van der Waals surface area contributed by atoms with Crippen molar-refractivity contribution in [2.75, 3.05) is 0 Å². The van der Waals surface area contributed by atoms with Crippen LogP contribution in [0.25, 0.3) is 0 Å². The molecule has 0 unspecified atom stereocenters. The van der Waals surface area contributed by atoms with E-state index in [9.17, 15) is 8.42 Å². The number of nitrogens with one attached hydrogen (secondary N) is 1. The van der Waals surface area contributed by atoms with E-state index in [1.165, 1.54) is 0 Å². The Balaban J connectivity index is 4.12. The van der Waals surface area contributed by atoms with Crippen molar-refractivity contribution in [2.24, 2.45) is 0 Å². The van der Waals surface area contributed by atoms with Crippen molar-refractivity contribution in [2.45, 2.75) is 13.3 Å². The van der Waals surface area contributed by atoms with Crippen LogP contribution < -0.4 is 5.14 Å². The van der Waals surface area contributed by atoms with Crippen molar-refractivity contribution >= 4 is 10.0 Å². The molecule has 0 aromatic rings. The molecule has 8 heavy (non-hydrogen) atoms. The number of hydrogen-bond acceptors (Lipinski definition) is 2. The summed E-state index contributed by atoms with van der Waals surface area (Å²) in [5.41, 5.74) is 0. The van der Waals surface area contributed by atoms with E-state index in [1.54, 1.807) is 12.2 Å². The molecule has 0 aliphatic rings. The lowest BCUT2D eigenvalue weighted by Gasteiger charge is -1.73. The van der Waals surface area contributed by atoms with Crippen LogP contribution in [0, 0.1) is 11.2 Å². The Kier molecular flexibility index (Phi) is 2.52. The minimum Gasteiger partial charge on any atom is -0.197 e. The van der Waals surface area contributed by atoms with E-state index in [0.29, 0.717) is 6.42 Å². The fourth-order valence-corrected chi connectivity index (χ4v) is 0.502. The predicted octanol–water partition coefficient (Wildman–Crippen LogP) is -0.0300. The second kappa shape index (κ2) is 2.70. The lowest BCUT2D eigenvalue weighted by Crippen LogP contribution is -1.92. The summed E-state index contributed by atoms with van der Waals surface area (Å²) in [4.78, 5) is 0. The number of sulfonamides is 1. The van der Waals surface area contributed by atoms with Crippen LogP contribution in [-0.2, 0) is 10.0 Å². The van der Waals surface area contributed by atoms with E-state index in [0.717, 1.165) is 0 Å². The summed E-state index contributed by atoms with van der Waals surface area (Å²) in [6.07, 6.45) is 0.470. The Morgan fingerprint density at radius 1 is 1.62 bits per heavy atom. The molecule has 0 rings (SSSR count). The third-order valence-corrected chi connectivity index (χ3v) is 0.796. The number of hydrogen-bond donors (Lipinski definition) is 0. The molecule has 0 saturated heterocycles. The van der Waals surface area contributed by atoms with Gasteiger partial charge in [0.1, 0.15) is 0 Å². The zero-order chi connectivity index (χ0) is 6.62. The summed E-state index contributed by atoms with van der Waals surface area (Å²) in [7, 11) is -3.80. The maximum Gasteiger partial charge on any atom is 0.293 e. The molecular weight excluding hydrogens is 126 g/mol. The van der Waals surface area contributed by atoms with Gasteiger partial charge in [-0.3, -0.25) is 0 Å². The monoisotopic (exact) mass is 132 g/mol. The van der Waals surface area contributed by atoms with Crippen LogP contribution in [0.4, 0.5) is 0 Å². The van der Waals surface area contributed by atoms with E-state index >= 15 is 0 Å². The van der Waals surface area contributed by atoms with Gasteiger partial charge in [-0.15, -0.1) is 5.14 Å². The molecule has 0 heterocycles. The summed E-state index contributed by atoms with van der Waals surface area (Å²) < 4.78 is 19.8. The molecule has 0 saturated carbocycles. The van der Waals surface area contributed by atoms with Crippen molar-refractivity contribution in [3.8, 4) is 11.2 Å². The summed E-state index contributed by atoms with van der Waals surface area (Å²) in [6, 6.07) is 0. The highest BCUT2D eigenvalue weighted by Gasteiger charge is 1.90. The van der Waals surface area contributed by atoms with Gasteiger partial charge in [-0.25, -0.2) is 0 Å². The highest BCUT2D eigenvalue weighted by molar-refractivity contribution is 7.93. The van der Waals surface area contributed by atoms with Crippen LogP contribution >= 0.6 is 0 Å². The molecule has 0 fully saturated rings. The van der Waals surface area contributed by atoms with Gasteiger partial charge in [0, 0.05) is 11.7 Å². The average Bonchev–Trinajstić information content (AvgIpc) is 1.59. The molecule has 0 aromatic heterocycles. The second-order valence-corrected chi connectivity index (χ2v) is 2.35. The van der Waals surface area contributed by atoms with E-state index in [2.05, 4.69) is 5.92 Å². The third kappa shape index (κ3) is 5.47. The molecule has 0 atom stereocenters. The van der Waals surface area contributed by atoms with Gasteiger partial charge >= 0.3 is 0 Å². The SMILES string of the molecule is CCC#CS([NH])(=O)=O. The fraction of sp³-hybridized carbons (Fsp3) is 0.500. The van der Waals surface area contributed by atoms with Crippen LogP contribution in [0.5, 0.6) is 0 Å². The van der Waals surface area contributed by atoms with E-state index in [-0.39, 0.29) is 0 Å². The topological polar surface area (TPSA) is 57.9 Å². The molecule has 0 bridgehead atoms. The molecule has 1 radical (unpaired) electrons. The molecule has 3 nitrogen and oxygen atoms in total. The predicted molar refractivity (Wildman–Crippen MR) is 30.1 cm³/mol. The van der Waals surface area contributed by atoms with Crippen molar-refractivity contribution in [1.29, 1.82) is 0 Å². The Labute approximate surface area is 48.9 Å². The minimum atomic E-state index is -3.80. The van der Waals surface area contributed by atoms with Gasteiger partial charge in [-0.2, -0.15) is 8.42 Å². The maximum absolute atomic E-state index is 9.88. The van der Waals surface area contributed by atoms with Gasteiger partial charge in [-0.05, 0) is 0 Å². The largest absolute Gasteiger partial charge is 0.293 e. The molecule has 4 heteroatoms. The summed E-state index contributed by atoms with van der Waals surface area (Å²) >= 11 is 0. The average molecular weight is 132 g/mol. The first-order chi connectivity index (χ1) is 3.56. The molecule has 0 amide bonds. The summed E-state index contributed by atoms with van der Waals surface area (Å²) in [6.45, 7) is 1.72. The van der Waals surface area contributed by atoms with Gasteiger partial charge in [0.15, 0.2) is 0 Å². The maximum atomic E-state index is 9.88. The first-order valence-electron chi connectivity index (χ1n) is 2.05. The smallest absolute Gasteiger partial charge is 0.197 e. The van der Waals surface area contributed by atoms with Gasteiger partial charge in [0.05, 0.1) is 0 Å². The van der Waals surface area contributed by atoms with Crippen molar-refractivity contribution in [1.82, 2.24) is 5.14 Å². The standard InChI is InChI=1S/C4H6NO2S/c1-2-3-4-8(5,6)7/h5H,2H2,1H3. The van der Waals surface area contributed by atoms with Crippen LogP contribution in [0.15, 0.2) is 0 Å². The van der Waals surface area contributed by atoms with Gasteiger partial charge in [0.25, 0.3) is 10.0 Å². The van der Waals surface area contributed by atoms with Crippen LogP contribution in [0.1, 0.15) is 13.3 Å². The lowest BCUT2D eigenvalue weighted by atomic mass is 10.5. The Bertz CT molecular complexity index is 206. The third-order valence-electron chi connectivity index (χ3n) is 0.383. The van der Waals surface area contributed by atoms with Gasteiger partial charge in [-0.1, -0.05) is 12.8 Å². The molecule has 45 valence electrons. The summed E-state index contributed by atoms with van der Waals surface area (Å²) in [5, 5.41) is 7.99. The number of rotatable bonds is 0. The van der Waals surface area contributed by atoms with E-state index in [1.807, 2.05) is 0 Å². The highest BCUT2D eigenvalue weighted by Crippen LogP contribution is 1.74. The van der Waals surface area contributed by atoms with Crippen molar-refractivity contribution in [3.63, 3.8) is 0 Å². The first-order valence-corrected chi connectivity index (χ1v) is 3.54. The minimum absolute atomic E-state index is 0.470. The van der Waals surface area contributed by atoms with Crippen LogP contribution in [0.3, 0.4) is 0 Å². The second-order valence-electron chi connectivity index (χ2n) is 1.14. The van der Waals surface area contributed by atoms with Gasteiger partial charge < -0.3 is 0 Å². The Morgan fingerprint density at radius 3 is 2.25 bits per heavy atom. The first kappa shape index (κ1) is 7.47. The molecule has 0 aliphatic carbocycles. The highest BCUT2D eigenvalue weighted by atomic mass is 32.2. The molecule has 1 N–H and O–H groups in total. The van der Waals surface area contributed by atoms with E-state index in [4.69, 9.17) is 5.14 Å².